The third-order valence-electron chi connectivity index (χ3n) is 1.71. The molecular formula is C11H18N2O4. The van der Waals surface area contributed by atoms with Gasteiger partial charge in [-0.15, -0.1) is 0 Å². The Morgan fingerprint density at radius 3 is 2.41 bits per heavy atom. The highest BCUT2D eigenvalue weighted by molar-refractivity contribution is 5.70. The monoisotopic (exact) mass is 242 g/mol. The van der Waals surface area contributed by atoms with Gasteiger partial charge in [0, 0.05) is 6.42 Å². The Bertz CT molecular complexity index is 314. The molecule has 0 fully saturated rings. The van der Waals surface area contributed by atoms with Crippen molar-refractivity contribution < 1.29 is 19.1 Å². The highest BCUT2D eigenvalue weighted by Gasteiger charge is 2.19. The van der Waals surface area contributed by atoms with Crippen LogP contribution in [0.1, 0.15) is 33.6 Å². The molecule has 0 rings (SSSR count). The first-order valence-electron chi connectivity index (χ1n) is 5.24. The van der Waals surface area contributed by atoms with E-state index < -0.39 is 23.7 Å². The predicted octanol–water partition coefficient (Wildman–Crippen LogP) is 1.36. The fraction of sp³-hybridized carbons (Fsp3) is 0.727. The summed E-state index contributed by atoms with van der Waals surface area (Å²) in [6, 6.07) is 1.12. The van der Waals surface area contributed by atoms with Crippen molar-refractivity contribution in [2.24, 2.45) is 0 Å². The van der Waals surface area contributed by atoms with Crippen molar-refractivity contribution in [3.8, 4) is 6.07 Å². The van der Waals surface area contributed by atoms with Crippen molar-refractivity contribution in [2.75, 3.05) is 7.11 Å². The molecule has 0 aliphatic heterocycles. The van der Waals surface area contributed by atoms with Gasteiger partial charge in [0.1, 0.15) is 11.6 Å². The number of ether oxygens (including phenoxy) is 2. The normalized spacial score (nSPS) is 12.2. The Morgan fingerprint density at radius 1 is 1.41 bits per heavy atom. The average molecular weight is 242 g/mol. The number of carbonyl (C=O) groups excluding carboxylic acids is 2. The molecule has 0 spiro atoms. The molecule has 0 saturated carbocycles. The molecule has 96 valence electrons. The van der Waals surface area contributed by atoms with E-state index in [0.717, 1.165) is 0 Å². The summed E-state index contributed by atoms with van der Waals surface area (Å²) >= 11 is 0. The van der Waals surface area contributed by atoms with Crippen LogP contribution in [0, 0.1) is 11.3 Å². The number of rotatable bonds is 4. The number of carbonyl (C=O) groups is 2. The molecule has 17 heavy (non-hydrogen) atoms. The van der Waals surface area contributed by atoms with E-state index in [-0.39, 0.29) is 12.8 Å². The van der Waals surface area contributed by atoms with Crippen LogP contribution < -0.4 is 5.32 Å². The summed E-state index contributed by atoms with van der Waals surface area (Å²) in [7, 11) is 1.27. The van der Waals surface area contributed by atoms with Crippen molar-refractivity contribution in [2.45, 2.75) is 45.3 Å². The molecule has 0 aromatic rings. The number of methoxy groups -OCH3 is 1. The van der Waals surface area contributed by atoms with Crippen LogP contribution in [0.4, 0.5) is 4.79 Å². The fourth-order valence-corrected chi connectivity index (χ4v) is 0.983. The standard InChI is InChI=1S/C11H18N2O4/c1-11(2,3)17-10(15)13-8(7-12)5-6-9(14)16-4/h8H,5-6H2,1-4H3,(H,13,15). The van der Waals surface area contributed by atoms with E-state index in [2.05, 4.69) is 10.1 Å². The van der Waals surface area contributed by atoms with E-state index in [1.54, 1.807) is 20.8 Å². The first-order valence-corrected chi connectivity index (χ1v) is 5.24. The number of alkyl carbamates (subject to hydrolysis) is 1. The van der Waals surface area contributed by atoms with Gasteiger partial charge in [-0.1, -0.05) is 0 Å². The van der Waals surface area contributed by atoms with Gasteiger partial charge < -0.3 is 14.8 Å². The Balaban J connectivity index is 4.10. The van der Waals surface area contributed by atoms with E-state index in [1.807, 2.05) is 6.07 Å². The van der Waals surface area contributed by atoms with Gasteiger partial charge in [-0.3, -0.25) is 4.79 Å². The molecule has 0 radical (unpaired) electrons. The summed E-state index contributed by atoms with van der Waals surface area (Å²) in [5, 5.41) is 11.2. The lowest BCUT2D eigenvalue weighted by molar-refractivity contribution is -0.140. The molecule has 1 unspecified atom stereocenters. The number of nitrogens with zero attached hydrogens (tertiary/aromatic N) is 1. The Hall–Kier alpha value is -1.77. The molecular weight excluding hydrogens is 224 g/mol. The van der Waals surface area contributed by atoms with Crippen molar-refractivity contribution in [1.29, 1.82) is 5.26 Å². The topological polar surface area (TPSA) is 88.4 Å². The Kier molecular flexibility index (Phi) is 6.03. The molecule has 0 heterocycles. The molecule has 0 aliphatic rings. The Morgan fingerprint density at radius 2 is 2.00 bits per heavy atom. The summed E-state index contributed by atoms with van der Waals surface area (Å²) in [4.78, 5) is 22.2. The molecule has 0 aliphatic carbocycles. The van der Waals surface area contributed by atoms with E-state index >= 15 is 0 Å². The minimum absolute atomic E-state index is 0.0739. The van der Waals surface area contributed by atoms with Crippen LogP contribution in [0.25, 0.3) is 0 Å². The van der Waals surface area contributed by atoms with Gasteiger partial charge in [-0.05, 0) is 27.2 Å². The number of hydrogen-bond donors (Lipinski definition) is 1. The van der Waals surface area contributed by atoms with Gasteiger partial charge in [0.15, 0.2) is 0 Å². The quantitative estimate of drug-likeness (QED) is 0.752. The van der Waals surface area contributed by atoms with Gasteiger partial charge in [0.25, 0.3) is 0 Å². The second-order valence-electron chi connectivity index (χ2n) is 4.44. The van der Waals surface area contributed by atoms with Crippen LogP contribution in [0.2, 0.25) is 0 Å². The third-order valence-corrected chi connectivity index (χ3v) is 1.71. The van der Waals surface area contributed by atoms with E-state index in [9.17, 15) is 9.59 Å². The highest BCUT2D eigenvalue weighted by atomic mass is 16.6. The van der Waals surface area contributed by atoms with Crippen molar-refractivity contribution >= 4 is 12.1 Å². The van der Waals surface area contributed by atoms with Gasteiger partial charge >= 0.3 is 12.1 Å². The van der Waals surface area contributed by atoms with Crippen LogP contribution in [0.5, 0.6) is 0 Å². The molecule has 6 heteroatoms. The zero-order valence-electron chi connectivity index (χ0n) is 10.6. The number of nitrogens with one attached hydrogen (secondary N) is 1. The van der Waals surface area contributed by atoms with Gasteiger partial charge in [0.05, 0.1) is 13.2 Å². The lowest BCUT2D eigenvalue weighted by Gasteiger charge is -2.21. The molecule has 0 aromatic carbocycles. The first kappa shape index (κ1) is 15.2. The number of nitriles is 1. The van der Waals surface area contributed by atoms with Crippen LogP contribution in [-0.2, 0) is 14.3 Å². The summed E-state index contributed by atoms with van der Waals surface area (Å²) in [5.41, 5.74) is -0.619. The number of esters is 1. The molecule has 0 bridgehead atoms. The maximum absolute atomic E-state index is 11.3. The lowest BCUT2D eigenvalue weighted by atomic mass is 10.2. The summed E-state index contributed by atoms with van der Waals surface area (Å²) < 4.78 is 9.42. The van der Waals surface area contributed by atoms with E-state index in [0.29, 0.717) is 0 Å². The van der Waals surface area contributed by atoms with E-state index in [1.165, 1.54) is 7.11 Å². The molecule has 0 saturated heterocycles. The maximum atomic E-state index is 11.3. The molecule has 1 amide bonds. The second kappa shape index (κ2) is 6.74. The van der Waals surface area contributed by atoms with Crippen LogP contribution in [-0.4, -0.2) is 30.8 Å². The summed E-state index contributed by atoms with van der Waals surface area (Å²) in [6.45, 7) is 5.17. The van der Waals surface area contributed by atoms with Gasteiger partial charge in [-0.2, -0.15) is 5.26 Å². The molecule has 1 N–H and O–H groups in total. The van der Waals surface area contributed by atoms with Crippen LogP contribution >= 0.6 is 0 Å². The zero-order valence-corrected chi connectivity index (χ0v) is 10.6. The minimum atomic E-state index is -0.760. The van der Waals surface area contributed by atoms with Crippen molar-refractivity contribution in [3.05, 3.63) is 0 Å². The maximum Gasteiger partial charge on any atom is 0.408 e. The average Bonchev–Trinajstić information content (AvgIpc) is 2.20. The number of amides is 1. The smallest absolute Gasteiger partial charge is 0.408 e. The largest absolute Gasteiger partial charge is 0.469 e. The second-order valence-corrected chi connectivity index (χ2v) is 4.44. The predicted molar refractivity (Wildman–Crippen MR) is 60.0 cm³/mol. The zero-order chi connectivity index (χ0) is 13.5. The van der Waals surface area contributed by atoms with Crippen molar-refractivity contribution in [1.82, 2.24) is 5.32 Å². The lowest BCUT2D eigenvalue weighted by Crippen LogP contribution is -2.38. The molecule has 1 atom stereocenters. The fourth-order valence-electron chi connectivity index (χ4n) is 0.983. The summed E-state index contributed by atoms with van der Waals surface area (Å²) in [5.74, 6) is -0.420. The van der Waals surface area contributed by atoms with Gasteiger partial charge in [-0.25, -0.2) is 4.79 Å². The molecule has 6 nitrogen and oxygen atoms in total. The van der Waals surface area contributed by atoms with Gasteiger partial charge in [0.2, 0.25) is 0 Å². The van der Waals surface area contributed by atoms with Crippen molar-refractivity contribution in [3.63, 3.8) is 0 Å². The van der Waals surface area contributed by atoms with Crippen LogP contribution in [0.3, 0.4) is 0 Å². The Labute approximate surface area is 101 Å². The number of hydrogen-bond acceptors (Lipinski definition) is 5. The summed E-state index contributed by atoms with van der Waals surface area (Å²) in [6.07, 6.45) is -0.402. The SMILES string of the molecule is COC(=O)CCC(C#N)NC(=O)OC(C)(C)C. The minimum Gasteiger partial charge on any atom is -0.469 e. The van der Waals surface area contributed by atoms with E-state index in [4.69, 9.17) is 10.00 Å². The first-order chi connectivity index (χ1) is 7.78. The third kappa shape index (κ3) is 8.08. The van der Waals surface area contributed by atoms with Crippen LogP contribution in [0.15, 0.2) is 0 Å². The molecule has 0 aromatic heterocycles. The highest BCUT2D eigenvalue weighted by Crippen LogP contribution is 2.07.